The lowest BCUT2D eigenvalue weighted by Crippen LogP contribution is -2.41. The first kappa shape index (κ1) is 24.6. The Bertz CT molecular complexity index is 1230. The zero-order chi connectivity index (χ0) is 24.8. The van der Waals surface area contributed by atoms with Crippen molar-refractivity contribution >= 4 is 29.2 Å². The van der Waals surface area contributed by atoms with Crippen LogP contribution >= 0.6 is 11.6 Å². The van der Waals surface area contributed by atoms with E-state index >= 15 is 0 Å². The standard InChI is InChI=1S/C25H26ClFN6O2/c26-18-8-7-17(20(27)11-18)12-31-24(34)16-5-3-4-15(10-16)21-14-30-23(28)22(33-21)25(35)32-19-6-1-2-9-29-13-19/h3-5,7-8,10-11,14,19,29H,1-2,6,9,12-13H2,(H2,28,30)(H,31,34)(H,32,35)/t19-/m0/s1. The molecule has 5 N–H and O–H groups in total. The van der Waals surface area contributed by atoms with Crippen molar-refractivity contribution in [2.24, 2.45) is 0 Å². The van der Waals surface area contributed by atoms with Crippen molar-refractivity contribution in [3.05, 3.63) is 76.3 Å². The molecule has 0 aliphatic carbocycles. The van der Waals surface area contributed by atoms with Crippen molar-refractivity contribution in [2.75, 3.05) is 18.8 Å². The third-order valence-corrected chi connectivity index (χ3v) is 6.01. The summed E-state index contributed by atoms with van der Waals surface area (Å²) in [6.45, 7) is 1.63. The van der Waals surface area contributed by atoms with E-state index in [1.165, 1.54) is 18.3 Å². The van der Waals surface area contributed by atoms with Crippen molar-refractivity contribution < 1.29 is 14.0 Å². The lowest BCUT2D eigenvalue weighted by molar-refractivity contribution is 0.0928. The largest absolute Gasteiger partial charge is 0.382 e. The molecule has 0 radical (unpaired) electrons. The molecule has 0 bridgehead atoms. The van der Waals surface area contributed by atoms with Gasteiger partial charge in [0.25, 0.3) is 11.8 Å². The van der Waals surface area contributed by atoms with Gasteiger partial charge in [-0.25, -0.2) is 14.4 Å². The van der Waals surface area contributed by atoms with Crippen molar-refractivity contribution in [1.82, 2.24) is 25.9 Å². The molecule has 2 aromatic carbocycles. The second-order valence-electron chi connectivity index (χ2n) is 8.36. The van der Waals surface area contributed by atoms with Crippen molar-refractivity contribution in [1.29, 1.82) is 0 Å². The zero-order valence-electron chi connectivity index (χ0n) is 19.0. The number of nitrogens with one attached hydrogen (secondary N) is 3. The van der Waals surface area contributed by atoms with Gasteiger partial charge < -0.3 is 21.7 Å². The topological polar surface area (TPSA) is 122 Å². The first-order chi connectivity index (χ1) is 16.9. The summed E-state index contributed by atoms with van der Waals surface area (Å²) in [7, 11) is 0. The number of amides is 2. The minimum atomic E-state index is -0.492. The molecule has 1 aliphatic heterocycles. The molecule has 1 fully saturated rings. The fourth-order valence-electron chi connectivity index (χ4n) is 3.86. The highest BCUT2D eigenvalue weighted by Crippen LogP contribution is 2.21. The molecule has 1 aromatic heterocycles. The third kappa shape index (κ3) is 6.32. The van der Waals surface area contributed by atoms with E-state index in [0.717, 1.165) is 25.8 Å². The number of nitrogen functional groups attached to an aromatic ring is 1. The van der Waals surface area contributed by atoms with Crippen LogP contribution in [0.25, 0.3) is 11.3 Å². The van der Waals surface area contributed by atoms with Gasteiger partial charge in [-0.2, -0.15) is 0 Å². The van der Waals surface area contributed by atoms with E-state index in [2.05, 4.69) is 25.9 Å². The summed E-state index contributed by atoms with van der Waals surface area (Å²) in [6, 6.07) is 11.0. The van der Waals surface area contributed by atoms with E-state index < -0.39 is 5.82 Å². The fraction of sp³-hybridized carbons (Fsp3) is 0.280. The number of rotatable bonds is 6. The summed E-state index contributed by atoms with van der Waals surface area (Å²) in [6.07, 6.45) is 4.43. The van der Waals surface area contributed by atoms with Crippen molar-refractivity contribution in [3.8, 4) is 11.3 Å². The van der Waals surface area contributed by atoms with Gasteiger partial charge in [-0.1, -0.05) is 36.2 Å². The van der Waals surface area contributed by atoms with E-state index in [-0.39, 0.29) is 40.9 Å². The maximum atomic E-state index is 14.0. The summed E-state index contributed by atoms with van der Waals surface area (Å²) in [4.78, 5) is 34.1. The Kier molecular flexibility index (Phi) is 7.89. The van der Waals surface area contributed by atoms with Gasteiger partial charge >= 0.3 is 0 Å². The first-order valence-corrected chi connectivity index (χ1v) is 11.7. The van der Waals surface area contributed by atoms with E-state index in [1.54, 1.807) is 30.3 Å². The predicted molar refractivity (Wildman–Crippen MR) is 132 cm³/mol. The number of halogens is 2. The second kappa shape index (κ2) is 11.2. The van der Waals surface area contributed by atoms with E-state index in [1.807, 2.05) is 0 Å². The number of carbonyl (C=O) groups is 2. The Labute approximate surface area is 207 Å². The van der Waals surface area contributed by atoms with Crippen LogP contribution in [0.2, 0.25) is 5.02 Å². The van der Waals surface area contributed by atoms with E-state index in [0.29, 0.717) is 28.9 Å². The Morgan fingerprint density at radius 1 is 1.17 bits per heavy atom. The number of hydrogen-bond donors (Lipinski definition) is 4. The first-order valence-electron chi connectivity index (χ1n) is 11.4. The normalized spacial score (nSPS) is 15.8. The van der Waals surface area contributed by atoms with Crippen LogP contribution in [0.1, 0.15) is 45.7 Å². The van der Waals surface area contributed by atoms with Crippen molar-refractivity contribution in [2.45, 2.75) is 31.8 Å². The average Bonchev–Trinajstić information content (AvgIpc) is 3.12. The SMILES string of the molecule is Nc1ncc(-c2cccc(C(=O)NCc3ccc(Cl)cc3F)c2)nc1C(=O)N[C@H]1CCCCNC1. The number of hydrogen-bond acceptors (Lipinski definition) is 6. The quantitative estimate of drug-likeness (QED) is 0.415. The van der Waals surface area contributed by atoms with Crippen LogP contribution in [0.15, 0.2) is 48.7 Å². The van der Waals surface area contributed by atoms with E-state index in [4.69, 9.17) is 17.3 Å². The van der Waals surface area contributed by atoms with Gasteiger partial charge in [0, 0.05) is 40.8 Å². The predicted octanol–water partition coefficient (Wildman–Crippen LogP) is 3.32. The number of nitrogens with two attached hydrogens (primary N) is 1. The molecule has 1 saturated heterocycles. The van der Waals surface area contributed by atoms with Crippen molar-refractivity contribution in [3.63, 3.8) is 0 Å². The number of nitrogens with zero attached hydrogens (tertiary/aromatic N) is 2. The zero-order valence-corrected chi connectivity index (χ0v) is 19.7. The van der Waals surface area contributed by atoms with Crippen LogP contribution in [-0.4, -0.2) is 40.9 Å². The molecule has 2 heterocycles. The van der Waals surface area contributed by atoms with Gasteiger partial charge in [0.15, 0.2) is 11.5 Å². The van der Waals surface area contributed by atoms with Crippen LogP contribution in [-0.2, 0) is 6.54 Å². The van der Waals surface area contributed by atoms with Gasteiger partial charge in [-0.05, 0) is 43.7 Å². The van der Waals surface area contributed by atoms with E-state index in [9.17, 15) is 14.0 Å². The molecule has 0 saturated carbocycles. The van der Waals surface area contributed by atoms with Gasteiger partial charge in [0.2, 0.25) is 0 Å². The molecule has 4 rings (SSSR count). The maximum absolute atomic E-state index is 14.0. The number of benzene rings is 2. The summed E-state index contributed by atoms with van der Waals surface area (Å²) in [5.74, 6) is -1.23. The molecule has 1 atom stereocenters. The molecular formula is C25H26ClFN6O2. The van der Waals surface area contributed by atoms with Gasteiger partial charge in [-0.15, -0.1) is 0 Å². The molecule has 8 nitrogen and oxygen atoms in total. The Hall–Kier alpha value is -3.56. The molecule has 10 heteroatoms. The smallest absolute Gasteiger partial charge is 0.274 e. The Morgan fingerprint density at radius 2 is 2.03 bits per heavy atom. The minimum absolute atomic E-state index is 0.00708. The maximum Gasteiger partial charge on any atom is 0.274 e. The highest BCUT2D eigenvalue weighted by molar-refractivity contribution is 6.30. The highest BCUT2D eigenvalue weighted by atomic mass is 35.5. The number of aromatic nitrogens is 2. The number of anilines is 1. The Balaban J connectivity index is 1.48. The lowest BCUT2D eigenvalue weighted by atomic mass is 10.1. The Morgan fingerprint density at radius 3 is 2.86 bits per heavy atom. The lowest BCUT2D eigenvalue weighted by Gasteiger charge is -2.16. The average molecular weight is 497 g/mol. The molecule has 2 amide bonds. The number of carbonyl (C=O) groups excluding carboxylic acids is 2. The molecular weight excluding hydrogens is 471 g/mol. The monoisotopic (exact) mass is 496 g/mol. The van der Waals surface area contributed by atoms with Crippen LogP contribution in [0.3, 0.4) is 0 Å². The van der Waals surface area contributed by atoms with Gasteiger partial charge in [0.1, 0.15) is 5.82 Å². The van der Waals surface area contributed by atoms with Gasteiger partial charge in [0.05, 0.1) is 11.9 Å². The molecule has 0 unspecified atom stereocenters. The molecule has 1 aliphatic rings. The summed E-state index contributed by atoms with van der Waals surface area (Å²) >= 11 is 5.77. The highest BCUT2D eigenvalue weighted by Gasteiger charge is 2.20. The summed E-state index contributed by atoms with van der Waals surface area (Å²) in [5, 5.41) is 9.26. The second-order valence-corrected chi connectivity index (χ2v) is 8.80. The van der Waals surface area contributed by atoms with Crippen LogP contribution in [0.4, 0.5) is 10.2 Å². The summed E-state index contributed by atoms with van der Waals surface area (Å²) < 4.78 is 14.0. The summed E-state index contributed by atoms with van der Waals surface area (Å²) in [5.41, 5.74) is 7.66. The molecule has 35 heavy (non-hydrogen) atoms. The third-order valence-electron chi connectivity index (χ3n) is 5.77. The van der Waals surface area contributed by atoms with Crippen LogP contribution in [0.5, 0.6) is 0 Å². The molecule has 0 spiro atoms. The molecule has 182 valence electrons. The van der Waals surface area contributed by atoms with Crippen LogP contribution in [0, 0.1) is 5.82 Å². The fourth-order valence-corrected chi connectivity index (χ4v) is 4.02. The van der Waals surface area contributed by atoms with Gasteiger partial charge in [-0.3, -0.25) is 9.59 Å². The molecule has 3 aromatic rings. The van der Waals surface area contributed by atoms with Crippen LogP contribution < -0.4 is 21.7 Å². The minimum Gasteiger partial charge on any atom is -0.382 e.